The van der Waals surface area contributed by atoms with Crippen molar-refractivity contribution in [3.05, 3.63) is 17.8 Å². The van der Waals surface area contributed by atoms with Gasteiger partial charge in [-0.2, -0.15) is 5.10 Å². The number of carbonyl (C=O) groups is 2. The second kappa shape index (κ2) is 6.02. The van der Waals surface area contributed by atoms with E-state index in [0.717, 1.165) is 16.4 Å². The molecule has 124 valence electrons. The predicted octanol–water partition coefficient (Wildman–Crippen LogP) is 1.19. The molecule has 2 aliphatic rings. The zero-order valence-corrected chi connectivity index (χ0v) is 14.4. The first-order valence-corrected chi connectivity index (χ1v) is 9.13. The molecule has 2 aromatic rings. The summed E-state index contributed by atoms with van der Waals surface area (Å²) in [4.78, 5) is 34.7. The molecule has 2 aromatic heterocycles. The number of fused-ring (bicyclic) bond motifs is 1. The van der Waals surface area contributed by atoms with Crippen molar-refractivity contribution in [2.75, 3.05) is 18.4 Å². The first-order valence-electron chi connectivity index (χ1n) is 7.37. The second-order valence-corrected chi connectivity index (χ2v) is 7.48. The number of amidine groups is 1. The molecule has 2 aliphatic heterocycles. The van der Waals surface area contributed by atoms with Crippen LogP contribution in [0.15, 0.2) is 22.8 Å². The molecule has 8 nitrogen and oxygen atoms in total. The zero-order valence-electron chi connectivity index (χ0n) is 12.8. The summed E-state index contributed by atoms with van der Waals surface area (Å²) in [5.74, 6) is -0.240. The van der Waals surface area contributed by atoms with Crippen molar-refractivity contribution in [3.63, 3.8) is 0 Å². The van der Waals surface area contributed by atoms with E-state index >= 15 is 0 Å². The van der Waals surface area contributed by atoms with Gasteiger partial charge in [0.1, 0.15) is 5.25 Å². The Balaban J connectivity index is 1.38. The maximum Gasteiger partial charge on any atom is 0.242 e. The van der Waals surface area contributed by atoms with Crippen LogP contribution in [0.2, 0.25) is 0 Å². The highest BCUT2D eigenvalue weighted by Gasteiger charge is 2.40. The van der Waals surface area contributed by atoms with Gasteiger partial charge in [-0.15, -0.1) is 11.3 Å². The van der Waals surface area contributed by atoms with E-state index in [1.54, 1.807) is 15.8 Å². The van der Waals surface area contributed by atoms with Crippen LogP contribution in [0.4, 0.5) is 5.13 Å². The lowest BCUT2D eigenvalue weighted by Crippen LogP contribution is -2.32. The molecule has 4 rings (SSSR count). The van der Waals surface area contributed by atoms with Gasteiger partial charge < -0.3 is 5.32 Å². The van der Waals surface area contributed by atoms with Crippen molar-refractivity contribution in [3.8, 4) is 11.3 Å². The van der Waals surface area contributed by atoms with Gasteiger partial charge >= 0.3 is 0 Å². The molecule has 0 radical (unpaired) electrons. The molecule has 10 heteroatoms. The number of aromatic nitrogens is 3. The Morgan fingerprint density at radius 1 is 1.50 bits per heavy atom. The number of aryl methyl sites for hydroxylation is 1. The summed E-state index contributed by atoms with van der Waals surface area (Å²) in [5.41, 5.74) is 1.67. The van der Waals surface area contributed by atoms with Gasteiger partial charge in [0, 0.05) is 37.2 Å². The van der Waals surface area contributed by atoms with Crippen LogP contribution in [0.1, 0.15) is 6.42 Å². The molecule has 1 saturated heterocycles. The predicted molar refractivity (Wildman–Crippen MR) is 93.0 cm³/mol. The molecular weight excluding hydrogens is 348 g/mol. The van der Waals surface area contributed by atoms with E-state index < -0.39 is 0 Å². The highest BCUT2D eigenvalue weighted by atomic mass is 32.2. The fraction of sp³-hybridized carbons (Fsp3) is 0.357. The quantitative estimate of drug-likeness (QED) is 0.882. The normalized spacial score (nSPS) is 19.5. The van der Waals surface area contributed by atoms with Crippen molar-refractivity contribution >= 4 is 45.2 Å². The highest BCUT2D eigenvalue weighted by molar-refractivity contribution is 8.15. The minimum absolute atomic E-state index is 0.0263. The molecule has 2 amide bonds. The zero-order chi connectivity index (χ0) is 16.7. The lowest BCUT2D eigenvalue weighted by Gasteiger charge is -2.09. The summed E-state index contributed by atoms with van der Waals surface area (Å²) in [6, 6.07) is 0. The van der Waals surface area contributed by atoms with E-state index in [2.05, 4.69) is 20.4 Å². The topological polar surface area (TPSA) is 92.5 Å². The van der Waals surface area contributed by atoms with Gasteiger partial charge in [-0.1, -0.05) is 11.8 Å². The van der Waals surface area contributed by atoms with Crippen molar-refractivity contribution in [2.45, 2.75) is 11.7 Å². The van der Waals surface area contributed by atoms with Gasteiger partial charge in [0.25, 0.3) is 0 Å². The molecule has 1 N–H and O–H groups in total. The average Bonchev–Trinajstić information content (AvgIpc) is 3.28. The molecule has 0 aromatic carbocycles. The summed E-state index contributed by atoms with van der Waals surface area (Å²) in [5, 5.41) is 9.62. The molecule has 0 spiro atoms. The van der Waals surface area contributed by atoms with Gasteiger partial charge in [-0.3, -0.25) is 24.2 Å². The molecule has 1 fully saturated rings. The van der Waals surface area contributed by atoms with Gasteiger partial charge in [0.15, 0.2) is 10.3 Å². The number of carbonyl (C=O) groups excluding carboxylic acids is 2. The Morgan fingerprint density at radius 2 is 2.38 bits per heavy atom. The molecular formula is C14H14N6O2S2. The number of amides is 2. The number of aliphatic imine (C=N–C) groups is 1. The van der Waals surface area contributed by atoms with Crippen molar-refractivity contribution < 1.29 is 9.59 Å². The highest BCUT2D eigenvalue weighted by Crippen LogP contribution is 2.32. The fourth-order valence-corrected chi connectivity index (χ4v) is 4.50. The van der Waals surface area contributed by atoms with E-state index in [9.17, 15) is 9.59 Å². The molecule has 1 atom stereocenters. The fourth-order valence-electron chi connectivity index (χ4n) is 2.57. The van der Waals surface area contributed by atoms with E-state index in [0.29, 0.717) is 18.2 Å². The van der Waals surface area contributed by atoms with Crippen LogP contribution in [0.5, 0.6) is 0 Å². The van der Waals surface area contributed by atoms with E-state index in [1.807, 2.05) is 18.6 Å². The van der Waals surface area contributed by atoms with Crippen LogP contribution in [0.25, 0.3) is 11.3 Å². The maximum absolute atomic E-state index is 12.2. The number of hydrogen-bond donors (Lipinski definition) is 1. The van der Waals surface area contributed by atoms with Crippen molar-refractivity contribution in [1.82, 2.24) is 19.7 Å². The molecule has 24 heavy (non-hydrogen) atoms. The number of anilines is 1. The summed E-state index contributed by atoms with van der Waals surface area (Å²) in [6.07, 6.45) is 3.71. The Labute approximate surface area is 146 Å². The van der Waals surface area contributed by atoms with E-state index in [4.69, 9.17) is 0 Å². The number of thioether (sulfide) groups is 1. The molecule has 0 aliphatic carbocycles. The first kappa shape index (κ1) is 15.3. The van der Waals surface area contributed by atoms with Crippen molar-refractivity contribution in [1.29, 1.82) is 0 Å². The Hall–Kier alpha value is -2.20. The van der Waals surface area contributed by atoms with E-state index in [-0.39, 0.29) is 23.5 Å². The summed E-state index contributed by atoms with van der Waals surface area (Å²) >= 11 is 2.72. The lowest BCUT2D eigenvalue weighted by atomic mass is 10.2. The van der Waals surface area contributed by atoms with Crippen LogP contribution in [-0.4, -0.2) is 55.0 Å². The van der Waals surface area contributed by atoms with Crippen LogP contribution < -0.4 is 5.32 Å². The molecule has 4 heterocycles. The third kappa shape index (κ3) is 2.82. The van der Waals surface area contributed by atoms with Crippen LogP contribution >= 0.6 is 23.1 Å². The third-order valence-corrected chi connectivity index (χ3v) is 5.68. The Morgan fingerprint density at radius 3 is 3.12 bits per heavy atom. The summed E-state index contributed by atoms with van der Waals surface area (Å²) in [6.45, 7) is 1.28. The van der Waals surface area contributed by atoms with Gasteiger partial charge in [0.2, 0.25) is 11.8 Å². The lowest BCUT2D eigenvalue weighted by molar-refractivity contribution is -0.127. The summed E-state index contributed by atoms with van der Waals surface area (Å²) < 4.78 is 1.70. The molecule has 0 bridgehead atoms. The number of hydrogen-bond acceptors (Lipinski definition) is 7. The van der Waals surface area contributed by atoms with Crippen LogP contribution in [0.3, 0.4) is 0 Å². The van der Waals surface area contributed by atoms with Crippen LogP contribution in [-0.2, 0) is 16.6 Å². The number of rotatable bonds is 4. The minimum atomic E-state index is -0.387. The average molecular weight is 362 g/mol. The van der Waals surface area contributed by atoms with Crippen molar-refractivity contribution in [2.24, 2.45) is 12.0 Å². The first-order chi connectivity index (χ1) is 11.6. The van der Waals surface area contributed by atoms with Gasteiger partial charge in [-0.05, 0) is 0 Å². The minimum Gasteiger partial charge on any atom is -0.302 e. The molecule has 1 unspecified atom stereocenters. The smallest absolute Gasteiger partial charge is 0.242 e. The Kier molecular flexibility index (Phi) is 3.85. The second-order valence-electron chi connectivity index (χ2n) is 5.45. The number of thiazole rings is 1. The SMILES string of the molecule is Cn1cc(-c2csc(NC(=O)CC3SC4=NCCN4C3=O)n2)cn1. The van der Waals surface area contributed by atoms with Crippen LogP contribution in [0, 0.1) is 0 Å². The standard InChI is InChI=1S/C14H14N6O2S2/c1-19-6-8(5-16-19)9-7-23-13(17-9)18-11(21)4-10-12(22)20-3-2-15-14(20)24-10/h5-7,10H,2-4H2,1H3,(H,17,18,21). The monoisotopic (exact) mass is 362 g/mol. The number of nitrogens with one attached hydrogen (secondary N) is 1. The van der Waals surface area contributed by atoms with Gasteiger partial charge in [-0.25, -0.2) is 4.98 Å². The third-order valence-electron chi connectivity index (χ3n) is 3.71. The number of nitrogens with zero attached hydrogens (tertiary/aromatic N) is 5. The van der Waals surface area contributed by atoms with Gasteiger partial charge in [0.05, 0.1) is 18.4 Å². The molecule has 0 saturated carbocycles. The Bertz CT molecular complexity index is 842. The van der Waals surface area contributed by atoms with E-state index in [1.165, 1.54) is 23.1 Å². The maximum atomic E-state index is 12.2. The largest absolute Gasteiger partial charge is 0.302 e. The summed E-state index contributed by atoms with van der Waals surface area (Å²) in [7, 11) is 1.84.